The second-order valence-corrected chi connectivity index (χ2v) is 9.29. The van der Waals surface area contributed by atoms with Crippen LogP contribution in [0.5, 0.6) is 0 Å². The number of benzene rings is 2. The highest BCUT2D eigenvalue weighted by Gasteiger charge is 2.33. The first kappa shape index (κ1) is 19.8. The molecular weight excluding hydrogens is 384 g/mol. The lowest BCUT2D eigenvalue weighted by molar-refractivity contribution is 0.155. The average molecular weight is 411 g/mol. The molecule has 0 aliphatic carbocycles. The summed E-state index contributed by atoms with van der Waals surface area (Å²) >= 11 is 0. The Kier molecular flexibility index (Phi) is 5.54. The maximum absolute atomic E-state index is 13.0. The molecule has 0 spiro atoms. The van der Waals surface area contributed by atoms with Crippen molar-refractivity contribution >= 4 is 10.0 Å². The first-order valence-corrected chi connectivity index (χ1v) is 11.2. The van der Waals surface area contributed by atoms with E-state index in [2.05, 4.69) is 58.4 Å². The van der Waals surface area contributed by atoms with Gasteiger partial charge in [0.05, 0.1) is 6.04 Å². The van der Waals surface area contributed by atoms with Crippen LogP contribution >= 0.6 is 0 Å². The Morgan fingerprint density at radius 3 is 1.83 bits per heavy atom. The number of aryl methyl sites for hydroxylation is 2. The summed E-state index contributed by atoms with van der Waals surface area (Å²) in [5, 5.41) is 0.133. The van der Waals surface area contributed by atoms with Gasteiger partial charge in [-0.05, 0) is 18.1 Å². The van der Waals surface area contributed by atoms with Crippen LogP contribution in [0.1, 0.15) is 23.0 Å². The highest BCUT2D eigenvalue weighted by Crippen LogP contribution is 2.30. The zero-order valence-electron chi connectivity index (χ0n) is 16.8. The van der Waals surface area contributed by atoms with Crippen LogP contribution in [0.25, 0.3) is 0 Å². The highest BCUT2D eigenvalue weighted by molar-refractivity contribution is 7.89. The van der Waals surface area contributed by atoms with E-state index in [1.54, 1.807) is 22.0 Å². The number of aromatic nitrogens is 2. The molecule has 2 aromatic carbocycles. The minimum absolute atomic E-state index is 0.111. The third-order valence-corrected chi connectivity index (χ3v) is 7.33. The Balaban J connectivity index is 1.55. The molecule has 3 aromatic rings. The van der Waals surface area contributed by atoms with Crippen LogP contribution in [0.3, 0.4) is 0 Å². The minimum atomic E-state index is -3.57. The maximum atomic E-state index is 13.0. The maximum Gasteiger partial charge on any atom is 0.262 e. The lowest BCUT2D eigenvalue weighted by Gasteiger charge is -2.39. The summed E-state index contributed by atoms with van der Waals surface area (Å²) in [7, 11) is -1.76. The van der Waals surface area contributed by atoms with Gasteiger partial charge in [0, 0.05) is 39.4 Å². The van der Waals surface area contributed by atoms with Crippen molar-refractivity contribution in [2.24, 2.45) is 7.05 Å². The lowest BCUT2D eigenvalue weighted by Crippen LogP contribution is -2.49. The van der Waals surface area contributed by atoms with Gasteiger partial charge in [0.1, 0.15) is 5.82 Å². The Bertz CT molecular complexity index is 998. The quantitative estimate of drug-likeness (QED) is 0.649. The number of hydrogen-bond donors (Lipinski definition) is 0. The molecule has 4 rings (SSSR count). The van der Waals surface area contributed by atoms with Gasteiger partial charge in [-0.25, -0.2) is 13.4 Å². The molecular formula is C22H26N4O2S. The van der Waals surface area contributed by atoms with Crippen molar-refractivity contribution in [3.05, 3.63) is 83.8 Å². The largest absolute Gasteiger partial charge is 0.337 e. The fourth-order valence-corrected chi connectivity index (χ4v) is 5.32. The number of nitrogens with zero attached hydrogens (tertiary/aromatic N) is 4. The van der Waals surface area contributed by atoms with Crippen LogP contribution in [0.15, 0.2) is 71.9 Å². The molecule has 2 heterocycles. The molecule has 0 radical (unpaired) electrons. The normalized spacial score (nSPS) is 16.4. The fraction of sp³-hybridized carbons (Fsp3) is 0.318. The summed E-state index contributed by atoms with van der Waals surface area (Å²) in [5.41, 5.74) is 2.44. The average Bonchev–Trinajstić information content (AvgIpc) is 3.10. The van der Waals surface area contributed by atoms with Crippen molar-refractivity contribution < 1.29 is 8.42 Å². The number of piperazine rings is 1. The first-order valence-electron chi connectivity index (χ1n) is 9.81. The van der Waals surface area contributed by atoms with Gasteiger partial charge in [-0.2, -0.15) is 4.31 Å². The SMILES string of the molecule is Cc1nc(S(=O)(=O)N2CCN(C(c3ccccc3)c3ccccc3)CC2)cn1C. The standard InChI is InChI=1S/C22H26N4O2S/c1-18-23-21(17-24(18)2)29(27,28)26-15-13-25(14-16-26)22(19-9-5-3-6-10-19)20-11-7-4-8-12-20/h3-12,17,22H,13-16H2,1-2H3. The van der Waals surface area contributed by atoms with Gasteiger partial charge in [0.25, 0.3) is 10.0 Å². The van der Waals surface area contributed by atoms with Gasteiger partial charge in [-0.15, -0.1) is 0 Å². The van der Waals surface area contributed by atoms with E-state index in [1.807, 2.05) is 19.2 Å². The fourth-order valence-electron chi connectivity index (χ4n) is 3.87. The van der Waals surface area contributed by atoms with Crippen molar-refractivity contribution in [3.8, 4) is 0 Å². The van der Waals surface area contributed by atoms with Crippen LogP contribution in [0, 0.1) is 6.92 Å². The number of imidazole rings is 1. The molecule has 7 heteroatoms. The monoisotopic (exact) mass is 410 g/mol. The molecule has 0 amide bonds. The number of sulfonamides is 1. The molecule has 0 N–H and O–H groups in total. The molecule has 0 unspecified atom stereocenters. The van der Waals surface area contributed by atoms with Crippen molar-refractivity contribution in [1.29, 1.82) is 0 Å². The zero-order valence-corrected chi connectivity index (χ0v) is 17.6. The topological polar surface area (TPSA) is 58.4 Å². The van der Waals surface area contributed by atoms with E-state index >= 15 is 0 Å². The Hall–Kier alpha value is -2.48. The van der Waals surface area contributed by atoms with Crippen LogP contribution in [0.2, 0.25) is 0 Å². The second kappa shape index (κ2) is 8.10. The van der Waals surface area contributed by atoms with E-state index in [0.29, 0.717) is 32.0 Å². The van der Waals surface area contributed by atoms with Gasteiger partial charge in [-0.3, -0.25) is 4.90 Å². The Labute approximate surface area is 172 Å². The summed E-state index contributed by atoms with van der Waals surface area (Å²) in [4.78, 5) is 6.59. The van der Waals surface area contributed by atoms with Crippen molar-refractivity contribution in [3.63, 3.8) is 0 Å². The van der Waals surface area contributed by atoms with Crippen LogP contribution in [0.4, 0.5) is 0 Å². The van der Waals surface area contributed by atoms with E-state index in [9.17, 15) is 8.42 Å². The third kappa shape index (κ3) is 3.99. The molecule has 0 atom stereocenters. The Morgan fingerprint density at radius 1 is 0.862 bits per heavy atom. The zero-order chi connectivity index (χ0) is 20.4. The van der Waals surface area contributed by atoms with Crippen LogP contribution < -0.4 is 0 Å². The number of hydrogen-bond acceptors (Lipinski definition) is 4. The van der Waals surface area contributed by atoms with Gasteiger partial charge in [0.15, 0.2) is 5.03 Å². The molecule has 1 saturated heterocycles. The first-order chi connectivity index (χ1) is 14.0. The van der Waals surface area contributed by atoms with E-state index in [1.165, 1.54) is 11.1 Å². The molecule has 1 aliphatic heterocycles. The predicted molar refractivity (Wildman–Crippen MR) is 113 cm³/mol. The lowest BCUT2D eigenvalue weighted by atomic mass is 9.96. The van der Waals surface area contributed by atoms with Gasteiger partial charge in [0.2, 0.25) is 0 Å². The van der Waals surface area contributed by atoms with Crippen molar-refractivity contribution in [1.82, 2.24) is 18.8 Å². The third-order valence-electron chi connectivity index (χ3n) is 5.56. The summed E-state index contributed by atoms with van der Waals surface area (Å²) < 4.78 is 29.3. The molecule has 1 aromatic heterocycles. The number of rotatable bonds is 5. The second-order valence-electron chi connectivity index (χ2n) is 7.40. The van der Waals surface area contributed by atoms with E-state index in [0.717, 1.165) is 0 Å². The van der Waals surface area contributed by atoms with E-state index < -0.39 is 10.0 Å². The molecule has 0 bridgehead atoms. The summed E-state index contributed by atoms with van der Waals surface area (Å²) in [6, 6.07) is 20.9. The summed E-state index contributed by atoms with van der Waals surface area (Å²) in [5.74, 6) is 0.690. The molecule has 0 saturated carbocycles. The Morgan fingerprint density at radius 2 is 1.38 bits per heavy atom. The van der Waals surface area contributed by atoms with Gasteiger partial charge >= 0.3 is 0 Å². The smallest absolute Gasteiger partial charge is 0.262 e. The molecule has 152 valence electrons. The van der Waals surface area contributed by atoms with Gasteiger partial charge < -0.3 is 4.57 Å². The van der Waals surface area contributed by atoms with Crippen molar-refractivity contribution in [2.45, 2.75) is 18.0 Å². The van der Waals surface area contributed by atoms with Crippen molar-refractivity contribution in [2.75, 3.05) is 26.2 Å². The van der Waals surface area contributed by atoms with Gasteiger partial charge in [-0.1, -0.05) is 60.7 Å². The predicted octanol–water partition coefficient (Wildman–Crippen LogP) is 2.82. The molecule has 1 fully saturated rings. The highest BCUT2D eigenvalue weighted by atomic mass is 32.2. The summed E-state index contributed by atoms with van der Waals surface area (Å²) in [6.45, 7) is 4.04. The van der Waals surface area contributed by atoms with E-state index in [4.69, 9.17) is 0 Å². The van der Waals surface area contributed by atoms with E-state index in [-0.39, 0.29) is 11.1 Å². The molecule has 1 aliphatic rings. The summed E-state index contributed by atoms with van der Waals surface area (Å²) in [6.07, 6.45) is 1.59. The van der Waals surface area contributed by atoms with Crippen LogP contribution in [-0.2, 0) is 17.1 Å². The van der Waals surface area contributed by atoms with Crippen LogP contribution in [-0.4, -0.2) is 53.4 Å². The minimum Gasteiger partial charge on any atom is -0.337 e. The molecule has 6 nitrogen and oxygen atoms in total. The molecule has 29 heavy (non-hydrogen) atoms.